The van der Waals surface area contributed by atoms with Crippen LogP contribution in [0.1, 0.15) is 86.7 Å². The van der Waals surface area contributed by atoms with E-state index < -0.39 is 201 Å². The average molecular weight is 1360 g/mol. The van der Waals surface area contributed by atoms with Crippen LogP contribution in [0.2, 0.25) is 0 Å². The molecular weight excluding hydrogens is 1280 g/mol. The number of aliphatic hydroxyl groups is 1. The number of hydrogen-bond acceptors (Lipinski definition) is 20. The Morgan fingerprint density at radius 1 is 0.464 bits per heavy atom. The number of phenolic OH excluding ortho intramolecular Hbond substituents is 1. The second kappa shape index (κ2) is 38.1. The largest absolute Gasteiger partial charge is 0.508 e. The predicted molar refractivity (Wildman–Crippen MR) is 337 cm³/mol. The number of carbonyl (C=O) groups excluding carboxylic acids is 11. The highest BCUT2D eigenvalue weighted by Gasteiger charge is 2.37. The minimum Gasteiger partial charge on any atom is -0.508 e. The van der Waals surface area contributed by atoms with Crippen molar-refractivity contribution >= 4 is 93.8 Å². The molecule has 5 rings (SSSR count). The number of phenols is 1. The predicted octanol–water partition coefficient (Wildman–Crippen LogP) is -5.64. The van der Waals surface area contributed by atoms with Crippen molar-refractivity contribution in [3.05, 3.63) is 102 Å². The number of nitrogens with zero attached hydrogens (tertiary/aromatic N) is 2. The molecule has 0 saturated heterocycles. The fraction of sp³-hybridized carbons (Fsp3) is 0.433. The zero-order valence-corrected chi connectivity index (χ0v) is 52.2. The lowest BCUT2D eigenvalue weighted by Gasteiger charge is -2.28. The molecule has 10 atom stereocenters. The Bertz CT molecular complexity index is 3550. The number of para-hydroxylation sites is 1. The summed E-state index contributed by atoms with van der Waals surface area (Å²) in [5.41, 5.74) is 24.8. The first-order valence-corrected chi connectivity index (χ1v) is 30.4. The molecule has 97 heavy (non-hydrogen) atoms. The Labute approximate surface area is 551 Å². The number of benzene rings is 2. The fourth-order valence-electron chi connectivity index (χ4n) is 9.78. The number of fused-ring (bicyclic) bond motifs is 1. The molecule has 5 aromatic rings. The summed E-state index contributed by atoms with van der Waals surface area (Å²) in [4.78, 5) is 203. The molecule has 11 amide bonds. The summed E-state index contributed by atoms with van der Waals surface area (Å²) in [6, 6.07) is -4.37. The number of primary amides is 2. The van der Waals surface area contributed by atoms with E-state index in [2.05, 4.69) is 72.8 Å². The molecule has 0 fully saturated rings. The molecule has 37 heteroatoms. The quantitative estimate of drug-likeness (QED) is 0.0162. The Balaban J connectivity index is 1.39. The lowest BCUT2D eigenvalue weighted by atomic mass is 10.0. The average Bonchev–Trinajstić information content (AvgIpc) is 1.84. The van der Waals surface area contributed by atoms with E-state index in [0.717, 1.165) is 0 Å². The summed E-state index contributed by atoms with van der Waals surface area (Å²) in [7, 11) is 0. The van der Waals surface area contributed by atoms with E-state index in [-0.39, 0.29) is 62.2 Å². The Morgan fingerprint density at radius 3 is 1.36 bits per heavy atom. The number of aliphatic carboxylic acids is 3. The molecule has 524 valence electrons. The standard InChI is InChI=1S/C60H80N18O19/c61-18-4-3-7-38(71-54(91)40(14-17-50(86)87)72-57(94)43(21-32-25-65-28-68-32)75-55(92)39(13-16-49(84)85)70-52(89)36(62)12-15-48(82)83)53(90)74-42(19-30-8-10-34(80)11-9-30)56(93)76-44(22-33-26-66-29-69-33)58(95)78-46(27-79)60(97)77-45(23-47(63)81)59(96)73-41(51(64)88)20-31-24-67-37-6-2-1-5-35(31)37/h1-2,5-6,8-11,24-26,28-29,36,38-46,67,79-80H,3-4,7,12-23,27,61-62H2,(H2,63,81)(H2,64,88)(H,65,68)(H,66,69)(H,70,89)(H,71,91)(H,72,94)(H,73,96)(H,74,90)(H,75,92)(H,76,93)(H,77,97)(H,78,95)(H,82,83)(H,84,85)(H,86,87)/t36-,38-,39-,40-,41-,42-,43-,44-,45-,46-/m0/s1. The number of amides is 11. The first-order valence-electron chi connectivity index (χ1n) is 30.4. The zero-order valence-electron chi connectivity index (χ0n) is 52.2. The Morgan fingerprint density at radius 2 is 0.887 bits per heavy atom. The van der Waals surface area contributed by atoms with E-state index in [0.29, 0.717) is 22.0 Å². The van der Waals surface area contributed by atoms with Crippen molar-refractivity contribution in [2.24, 2.45) is 22.9 Å². The van der Waals surface area contributed by atoms with Gasteiger partial charge < -0.3 is 111 Å². The number of rotatable bonds is 43. The fourth-order valence-corrected chi connectivity index (χ4v) is 9.78. The molecule has 0 unspecified atom stereocenters. The van der Waals surface area contributed by atoms with E-state index >= 15 is 0 Å². The van der Waals surface area contributed by atoms with Crippen LogP contribution < -0.4 is 70.8 Å². The van der Waals surface area contributed by atoms with Gasteiger partial charge in [-0.1, -0.05) is 30.3 Å². The van der Waals surface area contributed by atoms with Crippen LogP contribution in [0.4, 0.5) is 0 Å². The van der Waals surface area contributed by atoms with Gasteiger partial charge in [-0.05, 0) is 74.4 Å². The maximum Gasteiger partial charge on any atom is 0.303 e. The summed E-state index contributed by atoms with van der Waals surface area (Å²) in [5, 5.41) is 71.2. The number of carboxylic acids is 3. The number of nitrogens with one attached hydrogen (secondary N) is 12. The molecule has 25 N–H and O–H groups in total. The maximum atomic E-state index is 14.7. The van der Waals surface area contributed by atoms with Crippen molar-refractivity contribution in [2.75, 3.05) is 13.2 Å². The number of carboxylic acid groups (broad SMARTS) is 3. The normalized spacial score (nSPS) is 14.2. The highest BCUT2D eigenvalue weighted by molar-refractivity contribution is 6.00. The number of aliphatic hydroxyl groups excluding tert-OH is 1. The van der Waals surface area contributed by atoms with Crippen LogP contribution in [-0.2, 0) is 92.8 Å². The second-order valence-electron chi connectivity index (χ2n) is 22.5. The smallest absolute Gasteiger partial charge is 0.303 e. The van der Waals surface area contributed by atoms with Crippen molar-refractivity contribution in [1.82, 2.24) is 72.8 Å². The maximum absolute atomic E-state index is 14.7. The molecule has 0 bridgehead atoms. The van der Waals surface area contributed by atoms with Crippen LogP contribution in [-0.4, -0.2) is 207 Å². The molecule has 3 aromatic heterocycles. The SMILES string of the molecule is NCCCC[C@H](NC(=O)[C@H](CCC(=O)O)NC(=O)[C@H](Cc1cnc[nH]1)NC(=O)[C@H](CCC(=O)O)NC(=O)[C@@H](N)CCC(=O)O)C(=O)N[C@@H](Cc1ccc(O)cc1)C(=O)N[C@@H](Cc1cnc[nH]1)C(=O)N[C@@H](CO)C(=O)N[C@@H](CC(N)=O)C(=O)N[C@@H](Cc1c[nH]c2ccccc12)C(N)=O. The van der Waals surface area contributed by atoms with Gasteiger partial charge in [-0.25, -0.2) is 9.97 Å². The lowest BCUT2D eigenvalue weighted by molar-refractivity contribution is -0.139. The van der Waals surface area contributed by atoms with Crippen molar-refractivity contribution in [2.45, 2.75) is 150 Å². The first-order chi connectivity index (χ1) is 46.1. The third kappa shape index (κ3) is 25.5. The highest BCUT2D eigenvalue weighted by Crippen LogP contribution is 2.20. The third-order valence-electron chi connectivity index (χ3n) is 15.0. The Hall–Kier alpha value is -11.3. The van der Waals surface area contributed by atoms with Crippen LogP contribution in [0.5, 0.6) is 5.75 Å². The topological polar surface area (TPSA) is 626 Å². The van der Waals surface area contributed by atoms with Gasteiger partial charge in [-0.15, -0.1) is 0 Å². The summed E-state index contributed by atoms with van der Waals surface area (Å²) >= 11 is 0. The molecule has 3 heterocycles. The van der Waals surface area contributed by atoms with Gasteiger partial charge >= 0.3 is 17.9 Å². The van der Waals surface area contributed by atoms with E-state index in [1.54, 1.807) is 30.5 Å². The van der Waals surface area contributed by atoms with Gasteiger partial charge in [0.2, 0.25) is 65.0 Å². The number of unbranched alkanes of at least 4 members (excludes halogenated alkanes) is 1. The third-order valence-corrected chi connectivity index (χ3v) is 15.0. The van der Waals surface area contributed by atoms with E-state index in [9.17, 15) is 87.5 Å². The minimum atomic E-state index is -1.92. The molecule has 0 aliphatic heterocycles. The molecular formula is C60H80N18O19. The van der Waals surface area contributed by atoms with Crippen molar-refractivity contribution < 1.29 is 92.7 Å². The molecule has 0 aliphatic rings. The number of imidazole rings is 2. The number of hydrogen-bond donors (Lipinski definition) is 21. The summed E-state index contributed by atoms with van der Waals surface area (Å²) in [6.45, 7) is -1.05. The summed E-state index contributed by atoms with van der Waals surface area (Å²) in [6.07, 6.45) is 1.10. The van der Waals surface area contributed by atoms with Crippen LogP contribution in [0.25, 0.3) is 10.9 Å². The number of H-pyrrole nitrogens is 3. The van der Waals surface area contributed by atoms with Gasteiger partial charge in [-0.2, -0.15) is 0 Å². The van der Waals surface area contributed by atoms with Crippen molar-refractivity contribution in [1.29, 1.82) is 0 Å². The number of aromatic nitrogens is 5. The first kappa shape index (κ1) is 76.4. The lowest BCUT2D eigenvalue weighted by Crippen LogP contribution is -2.61. The van der Waals surface area contributed by atoms with Crippen LogP contribution >= 0.6 is 0 Å². The van der Waals surface area contributed by atoms with Crippen molar-refractivity contribution in [3.63, 3.8) is 0 Å². The monoisotopic (exact) mass is 1360 g/mol. The van der Waals surface area contributed by atoms with Crippen molar-refractivity contribution in [3.8, 4) is 5.75 Å². The number of aromatic amines is 3. The van der Waals surface area contributed by atoms with Gasteiger partial charge in [0.15, 0.2) is 0 Å². The van der Waals surface area contributed by atoms with Crippen LogP contribution in [0.15, 0.2) is 79.8 Å². The summed E-state index contributed by atoms with van der Waals surface area (Å²) < 4.78 is 0. The summed E-state index contributed by atoms with van der Waals surface area (Å²) in [5.74, 6) is -16.5. The van der Waals surface area contributed by atoms with E-state index in [4.69, 9.17) is 28.0 Å². The van der Waals surface area contributed by atoms with E-state index in [1.807, 2.05) is 0 Å². The molecule has 37 nitrogen and oxygen atoms in total. The van der Waals surface area contributed by atoms with E-state index in [1.165, 1.54) is 49.3 Å². The molecule has 0 aliphatic carbocycles. The number of aromatic hydroxyl groups is 1. The van der Waals surface area contributed by atoms with Gasteiger partial charge in [0.05, 0.1) is 31.7 Å². The van der Waals surface area contributed by atoms with Gasteiger partial charge in [0.25, 0.3) is 0 Å². The molecule has 2 aromatic carbocycles. The highest BCUT2D eigenvalue weighted by atomic mass is 16.4. The minimum absolute atomic E-state index is 0.0969. The molecule has 0 saturated carbocycles. The number of carbonyl (C=O) groups is 14. The van der Waals surface area contributed by atoms with Crippen LogP contribution in [0.3, 0.4) is 0 Å². The number of nitrogens with two attached hydrogens (primary N) is 4. The van der Waals surface area contributed by atoms with Gasteiger partial charge in [0.1, 0.15) is 60.1 Å². The molecule has 0 radical (unpaired) electrons. The Kier molecular flexibility index (Phi) is 30.0. The van der Waals surface area contributed by atoms with Gasteiger partial charge in [-0.3, -0.25) is 67.1 Å². The molecule has 0 spiro atoms. The second-order valence-corrected chi connectivity index (χ2v) is 22.5. The zero-order chi connectivity index (χ0) is 71.3. The van der Waals surface area contributed by atoms with Gasteiger partial charge in [0, 0.05) is 85.8 Å². The van der Waals surface area contributed by atoms with Crippen LogP contribution in [0, 0.1) is 0 Å².